The Morgan fingerprint density at radius 2 is 1.39 bits per heavy atom. The van der Waals surface area contributed by atoms with Crippen LogP contribution in [0.5, 0.6) is 0 Å². The van der Waals surface area contributed by atoms with Crippen LogP contribution in [0.1, 0.15) is 41.5 Å². The molecule has 0 spiro atoms. The molecule has 1 aromatic carbocycles. The van der Waals surface area contributed by atoms with Gasteiger partial charge in [-0.05, 0) is 53.7 Å². The minimum Gasteiger partial charge on any atom is -0.518 e. The minimum atomic E-state index is -0.859. The Kier molecular flexibility index (Phi) is 7.61. The first-order valence-corrected chi connectivity index (χ1v) is 7.01. The van der Waals surface area contributed by atoms with Gasteiger partial charge in [-0.2, -0.15) is 0 Å². The van der Waals surface area contributed by atoms with Gasteiger partial charge in [0.15, 0.2) is 0 Å². The molecular weight excluding hydrogens is 348 g/mol. The van der Waals surface area contributed by atoms with Gasteiger partial charge in [-0.3, -0.25) is 4.79 Å². The van der Waals surface area contributed by atoms with Gasteiger partial charge in [-0.1, -0.05) is 18.2 Å². The van der Waals surface area contributed by atoms with Crippen molar-refractivity contribution in [3.05, 3.63) is 35.8 Å². The topological polar surface area (TPSA) is 69.9 Å². The Hall–Kier alpha value is -1.72. The van der Waals surface area contributed by atoms with E-state index in [4.69, 9.17) is 9.47 Å². The summed E-state index contributed by atoms with van der Waals surface area (Å²) in [5, 5.41) is 0.902. The molecule has 0 atom stereocenters. The van der Waals surface area contributed by atoms with Crippen LogP contribution in [0.4, 0.5) is 15.3 Å². The molecule has 0 saturated heterocycles. The first kappa shape index (κ1) is 21.3. The zero-order valence-electron chi connectivity index (χ0n) is 14.2. The van der Waals surface area contributed by atoms with Gasteiger partial charge >= 0.3 is 23.2 Å². The summed E-state index contributed by atoms with van der Waals surface area (Å²) in [7, 11) is 0. The van der Waals surface area contributed by atoms with E-state index in [1.54, 1.807) is 71.9 Å². The predicted octanol–water partition coefficient (Wildman–Crippen LogP) is 4.65. The quantitative estimate of drug-likeness (QED) is 0.533. The van der Waals surface area contributed by atoms with Gasteiger partial charge in [0, 0.05) is 5.69 Å². The average molecular weight is 371 g/mol. The normalized spacial score (nSPS) is 11.0. The van der Waals surface area contributed by atoms with Crippen molar-refractivity contribution in [1.29, 1.82) is 0 Å². The van der Waals surface area contributed by atoms with E-state index >= 15 is 0 Å². The third-order valence-electron chi connectivity index (χ3n) is 2.14. The number of anilines is 1. The maximum absolute atomic E-state index is 12.3. The van der Waals surface area contributed by atoms with Crippen LogP contribution in [0, 0.1) is 0 Å². The molecule has 132 valence electrons. The van der Waals surface area contributed by atoms with Crippen LogP contribution in [0.15, 0.2) is 30.3 Å². The second-order valence-electron chi connectivity index (χ2n) is 6.71. The van der Waals surface area contributed by atoms with Crippen molar-refractivity contribution in [2.75, 3.05) is 5.01 Å². The summed E-state index contributed by atoms with van der Waals surface area (Å²) >= 11 is 0. The van der Waals surface area contributed by atoms with Gasteiger partial charge in [0.25, 0.3) is 0 Å². The number of rotatable bonds is 1. The maximum atomic E-state index is 12.3. The Morgan fingerprint density at radius 3 is 1.83 bits per heavy atom. The van der Waals surface area contributed by atoms with E-state index in [2.05, 4.69) is 5.43 Å². The van der Waals surface area contributed by atoms with E-state index in [9.17, 15) is 9.59 Å². The van der Waals surface area contributed by atoms with Gasteiger partial charge in [0.2, 0.25) is 6.09 Å². The fraction of sp³-hybridized carbons (Fsp3) is 0.500. The molecule has 0 radical (unpaired) electrons. The van der Waals surface area contributed by atoms with Gasteiger partial charge in [0.05, 0.1) is 0 Å². The molecule has 2 amide bonds. The molecule has 1 aromatic rings. The first-order valence-electron chi connectivity index (χ1n) is 7.01. The molecule has 0 aromatic heterocycles. The third kappa shape index (κ3) is 8.47. The summed E-state index contributed by atoms with van der Waals surface area (Å²) < 4.78 is 10.4. The number of nitrogens with zero attached hydrogens (tertiary/aromatic N) is 2. The third-order valence-corrected chi connectivity index (χ3v) is 2.14. The zero-order valence-corrected chi connectivity index (χ0v) is 15.2. The van der Waals surface area contributed by atoms with Gasteiger partial charge in [-0.15, -0.1) is 0 Å². The number of ether oxygens (including phenoxy) is 2. The summed E-state index contributed by atoms with van der Waals surface area (Å²) in [6, 6.07) is 8.56. The first-order chi connectivity index (χ1) is 9.98. The summed E-state index contributed by atoms with van der Waals surface area (Å²) in [6.45, 7) is 10.4. The number of hydrogen-bond acceptors (Lipinski definition) is 4. The molecule has 23 heavy (non-hydrogen) atoms. The molecule has 0 bridgehead atoms. The van der Waals surface area contributed by atoms with E-state index in [0.717, 1.165) is 5.01 Å². The van der Waals surface area contributed by atoms with Crippen LogP contribution in [0.2, 0.25) is 0 Å². The average Bonchev–Trinajstić information content (AvgIpc) is 2.32. The maximum Gasteiger partial charge on any atom is 1.00 e. The van der Waals surface area contributed by atoms with E-state index in [0.29, 0.717) is 5.69 Å². The fourth-order valence-electron chi connectivity index (χ4n) is 1.44. The number of amides is 2. The van der Waals surface area contributed by atoms with E-state index in [1.807, 2.05) is 0 Å². The molecule has 0 heterocycles. The Bertz CT molecular complexity index is 521. The van der Waals surface area contributed by atoms with Crippen LogP contribution in [-0.2, 0) is 26.5 Å². The van der Waals surface area contributed by atoms with Crippen LogP contribution < -0.4 is 5.01 Å². The molecule has 7 heteroatoms. The van der Waals surface area contributed by atoms with E-state index < -0.39 is 23.4 Å². The fourth-order valence-corrected chi connectivity index (χ4v) is 1.44. The number of carbonyl (C=O) groups excluding carboxylic acids is 2. The molecule has 0 N–H and O–H groups in total. The number of para-hydroxylation sites is 1. The summed E-state index contributed by atoms with van der Waals surface area (Å²) in [5.41, 5.74) is 2.73. The van der Waals surface area contributed by atoms with Crippen LogP contribution in [0.25, 0.3) is 5.43 Å². The van der Waals surface area contributed by atoms with Gasteiger partial charge in [0.1, 0.15) is 11.2 Å². The standard InChI is InChI=1S/C16H24N2O4.Cu/c1-15(2,3)21-13(19)17-18(12-10-8-7-9-11-12)14(20)22-16(4,5)6;/h7-11H,1-6H3,(H,17,19);/q;+1/p-1. The largest absolute Gasteiger partial charge is 1.00 e. The monoisotopic (exact) mass is 370 g/mol. The van der Waals surface area contributed by atoms with Crippen LogP contribution in [-0.4, -0.2) is 23.4 Å². The number of carbonyl (C=O) groups is 2. The van der Waals surface area contributed by atoms with Gasteiger partial charge in [-0.25, -0.2) is 4.79 Å². The summed E-state index contributed by atoms with van der Waals surface area (Å²) in [6.07, 6.45) is -1.60. The Balaban J connectivity index is 0.00000484. The van der Waals surface area contributed by atoms with Crippen molar-refractivity contribution >= 4 is 17.9 Å². The summed E-state index contributed by atoms with van der Waals surface area (Å²) in [5.74, 6) is 0. The molecule has 0 aliphatic carbocycles. The SMILES string of the molecule is CC(C)(C)OC(=O)[N-]N(C(=O)OC(C)(C)C)c1ccccc1.[Cu+]. The molecule has 6 nitrogen and oxygen atoms in total. The molecule has 0 aliphatic rings. The molecule has 0 unspecified atom stereocenters. The van der Waals surface area contributed by atoms with E-state index in [1.165, 1.54) is 0 Å². The van der Waals surface area contributed by atoms with Crippen molar-refractivity contribution in [2.45, 2.75) is 52.7 Å². The minimum absolute atomic E-state index is 0. The summed E-state index contributed by atoms with van der Waals surface area (Å²) in [4.78, 5) is 24.1. The van der Waals surface area contributed by atoms with Crippen molar-refractivity contribution in [3.8, 4) is 0 Å². The van der Waals surface area contributed by atoms with Crippen molar-refractivity contribution in [3.63, 3.8) is 0 Å². The second-order valence-corrected chi connectivity index (χ2v) is 6.71. The van der Waals surface area contributed by atoms with Crippen LogP contribution in [0.3, 0.4) is 0 Å². The van der Waals surface area contributed by atoms with Gasteiger partial charge < -0.3 is 19.9 Å². The number of hydrogen-bond donors (Lipinski definition) is 0. The van der Waals surface area contributed by atoms with E-state index in [-0.39, 0.29) is 17.1 Å². The predicted molar refractivity (Wildman–Crippen MR) is 84.7 cm³/mol. The van der Waals surface area contributed by atoms with Crippen molar-refractivity contribution < 1.29 is 36.1 Å². The Labute approximate surface area is 148 Å². The molecular formula is C16H23CuN2O4. The zero-order chi connectivity index (χ0) is 17.0. The molecule has 1 rings (SSSR count). The second kappa shape index (κ2) is 8.22. The molecule has 0 saturated carbocycles. The van der Waals surface area contributed by atoms with Crippen molar-refractivity contribution in [1.82, 2.24) is 0 Å². The van der Waals surface area contributed by atoms with Crippen molar-refractivity contribution in [2.24, 2.45) is 0 Å². The smallest absolute Gasteiger partial charge is 0.518 e. The molecule has 0 fully saturated rings. The number of benzene rings is 1. The Morgan fingerprint density at radius 1 is 0.913 bits per heavy atom. The van der Waals surface area contributed by atoms with Crippen LogP contribution >= 0.6 is 0 Å². The molecule has 0 aliphatic heterocycles.